The largest absolute Gasteiger partial charge is 0.356 e. The Morgan fingerprint density at radius 1 is 0.667 bits per heavy atom. The van der Waals surface area contributed by atoms with Gasteiger partial charge in [-0.15, -0.1) is 0 Å². The molecule has 0 aliphatic rings. The monoisotopic (exact) mass is 422 g/mol. The van der Waals surface area contributed by atoms with Crippen molar-refractivity contribution < 1.29 is 14.4 Å². The van der Waals surface area contributed by atoms with Crippen LogP contribution in [0, 0.1) is 0 Å². The van der Waals surface area contributed by atoms with Crippen molar-refractivity contribution in [2.24, 2.45) is 0 Å². The first-order valence-corrected chi connectivity index (χ1v) is 11.8. The lowest BCUT2D eigenvalue weighted by atomic mass is 9.77. The molecule has 0 radical (unpaired) electrons. The Hall–Kier alpha value is -2.19. The molecule has 0 aliphatic heterocycles. The van der Waals surface area contributed by atoms with Crippen LogP contribution in [0.1, 0.15) is 52.7 Å². The summed E-state index contributed by atoms with van der Waals surface area (Å²) < 4.78 is 12.4. The molecule has 0 unspecified atom stereocenters. The summed E-state index contributed by atoms with van der Waals surface area (Å²) in [7, 11) is -4.45. The Morgan fingerprint density at radius 3 is 1.83 bits per heavy atom. The van der Waals surface area contributed by atoms with E-state index in [-0.39, 0.29) is 16.1 Å². The molecular weight excluding hydrogens is 391 g/mol. The zero-order valence-corrected chi connectivity index (χ0v) is 19.5. The summed E-state index contributed by atoms with van der Waals surface area (Å²) in [5, 5.41) is 0.0659. The van der Waals surface area contributed by atoms with Crippen molar-refractivity contribution in [2.75, 3.05) is 0 Å². The van der Waals surface area contributed by atoms with Crippen molar-refractivity contribution in [1.82, 2.24) is 0 Å². The third-order valence-corrected chi connectivity index (χ3v) is 6.42. The van der Waals surface area contributed by atoms with Gasteiger partial charge in [0.1, 0.15) is 0 Å². The third kappa shape index (κ3) is 4.75. The highest BCUT2D eigenvalue weighted by molar-refractivity contribution is 7.60. The van der Waals surface area contributed by atoms with E-state index in [9.17, 15) is 14.4 Å². The predicted molar refractivity (Wildman–Crippen MR) is 126 cm³/mol. The Morgan fingerprint density at radius 2 is 1.30 bits per heavy atom. The van der Waals surface area contributed by atoms with E-state index in [1.807, 2.05) is 42.5 Å². The molecule has 0 aliphatic carbocycles. The van der Waals surface area contributed by atoms with Crippen LogP contribution in [0.15, 0.2) is 66.7 Å². The minimum absolute atomic E-state index is 0.0174. The zero-order chi connectivity index (χ0) is 22.3. The van der Waals surface area contributed by atoms with Gasteiger partial charge >= 0.3 is 7.60 Å². The number of rotatable bonds is 3. The van der Waals surface area contributed by atoms with Gasteiger partial charge in [-0.1, -0.05) is 96.1 Å². The van der Waals surface area contributed by atoms with Crippen LogP contribution in [0.5, 0.6) is 0 Å². The second-order valence-electron chi connectivity index (χ2n) is 9.90. The molecule has 0 saturated carbocycles. The van der Waals surface area contributed by atoms with Crippen LogP contribution >= 0.6 is 7.60 Å². The first kappa shape index (κ1) is 22.5. The average molecular weight is 423 g/mol. The van der Waals surface area contributed by atoms with Gasteiger partial charge in [0.15, 0.2) is 0 Å². The molecule has 0 atom stereocenters. The molecule has 0 heterocycles. The topological polar surface area (TPSA) is 57.5 Å². The summed E-state index contributed by atoms with van der Waals surface area (Å²) in [6.07, 6.45) is 0. The van der Waals surface area contributed by atoms with Gasteiger partial charge < -0.3 is 9.79 Å². The van der Waals surface area contributed by atoms with Gasteiger partial charge in [0.2, 0.25) is 0 Å². The van der Waals surface area contributed by atoms with Gasteiger partial charge in [0.25, 0.3) is 0 Å². The first-order valence-electron chi connectivity index (χ1n) is 10.2. The van der Waals surface area contributed by atoms with Crippen molar-refractivity contribution in [3.05, 3.63) is 77.9 Å². The first-order chi connectivity index (χ1) is 13.8. The van der Waals surface area contributed by atoms with Gasteiger partial charge in [-0.05, 0) is 56.3 Å². The lowest BCUT2D eigenvalue weighted by molar-refractivity contribution is 0.387. The van der Waals surface area contributed by atoms with E-state index in [0.717, 1.165) is 22.3 Å². The summed E-state index contributed by atoms with van der Waals surface area (Å²) in [5.74, 6) is 0. The van der Waals surface area contributed by atoms with Crippen LogP contribution in [0.25, 0.3) is 22.3 Å². The van der Waals surface area contributed by atoms with E-state index in [2.05, 4.69) is 53.7 Å². The molecule has 0 amide bonds. The van der Waals surface area contributed by atoms with Gasteiger partial charge in [-0.2, -0.15) is 0 Å². The quantitative estimate of drug-likeness (QED) is 0.479. The fourth-order valence-electron chi connectivity index (χ4n) is 3.68. The molecule has 3 aromatic rings. The molecule has 30 heavy (non-hydrogen) atoms. The van der Waals surface area contributed by atoms with Crippen molar-refractivity contribution >= 4 is 12.9 Å². The Bertz CT molecular complexity index is 1100. The minimum atomic E-state index is -4.45. The molecule has 0 saturated heterocycles. The van der Waals surface area contributed by atoms with Gasteiger partial charge in [-0.25, -0.2) is 0 Å². The van der Waals surface area contributed by atoms with Gasteiger partial charge in [-0.3, -0.25) is 4.57 Å². The molecule has 2 N–H and O–H groups in total. The van der Waals surface area contributed by atoms with Crippen molar-refractivity contribution in [2.45, 2.75) is 52.4 Å². The molecule has 3 aromatic carbocycles. The van der Waals surface area contributed by atoms with E-state index in [1.165, 1.54) is 5.56 Å². The van der Waals surface area contributed by atoms with Gasteiger partial charge in [0.05, 0.1) is 5.30 Å². The van der Waals surface area contributed by atoms with E-state index < -0.39 is 7.60 Å². The fraction of sp³-hybridized carbons (Fsp3) is 0.308. The maximum Gasteiger partial charge on any atom is 0.356 e. The van der Waals surface area contributed by atoms with Crippen LogP contribution in [0.2, 0.25) is 0 Å². The van der Waals surface area contributed by atoms with Gasteiger partial charge in [0, 0.05) is 0 Å². The molecule has 158 valence electrons. The molecular formula is C26H31O3P. The molecule has 0 fully saturated rings. The minimum Gasteiger partial charge on any atom is -0.321 e. The second-order valence-corrected chi connectivity index (χ2v) is 11.5. The van der Waals surface area contributed by atoms with Crippen LogP contribution in [0.4, 0.5) is 0 Å². The number of benzene rings is 3. The SMILES string of the molecule is CC(C)(C)c1ccc(-c2cc(-c3ccccc3)ccc2P(=O)(O)O)c(C(C)(C)C)c1. The van der Waals surface area contributed by atoms with Crippen LogP contribution in [0.3, 0.4) is 0 Å². The van der Waals surface area contributed by atoms with E-state index in [4.69, 9.17) is 0 Å². The Kier molecular flexibility index (Phi) is 5.86. The molecule has 0 spiro atoms. The summed E-state index contributed by atoms with van der Waals surface area (Å²) in [6.45, 7) is 12.9. The van der Waals surface area contributed by atoms with E-state index >= 15 is 0 Å². The highest BCUT2D eigenvalue weighted by Gasteiger charge is 2.28. The normalized spacial score (nSPS) is 12.8. The highest BCUT2D eigenvalue weighted by Crippen LogP contribution is 2.43. The van der Waals surface area contributed by atoms with Crippen LogP contribution in [-0.4, -0.2) is 9.79 Å². The fourth-order valence-corrected chi connectivity index (χ4v) is 4.45. The summed E-state index contributed by atoms with van der Waals surface area (Å²) in [6, 6.07) is 21.4. The third-order valence-electron chi connectivity index (χ3n) is 5.40. The molecule has 3 nitrogen and oxygen atoms in total. The van der Waals surface area contributed by atoms with E-state index in [0.29, 0.717) is 5.56 Å². The molecule has 0 bridgehead atoms. The Balaban J connectivity index is 2.34. The van der Waals surface area contributed by atoms with Crippen LogP contribution < -0.4 is 5.30 Å². The zero-order valence-electron chi connectivity index (χ0n) is 18.6. The smallest absolute Gasteiger partial charge is 0.321 e. The predicted octanol–water partition coefficient (Wildman–Crippen LogP) is 6.42. The molecule has 4 heteroatoms. The molecule has 3 rings (SSSR count). The maximum atomic E-state index is 12.4. The average Bonchev–Trinajstić information content (AvgIpc) is 2.65. The lowest BCUT2D eigenvalue weighted by Crippen LogP contribution is -2.19. The summed E-state index contributed by atoms with van der Waals surface area (Å²) in [4.78, 5) is 20.2. The van der Waals surface area contributed by atoms with Crippen LogP contribution in [-0.2, 0) is 15.4 Å². The standard InChI is InChI=1S/C26H31O3P/c1-25(2,3)20-13-14-21(23(17-20)26(4,5)6)22-16-19(18-10-8-7-9-11-18)12-15-24(22)30(27,28)29/h7-17H,1-6H3,(H2,27,28,29). The number of hydrogen-bond acceptors (Lipinski definition) is 1. The summed E-state index contributed by atoms with van der Waals surface area (Å²) in [5.41, 5.74) is 5.48. The lowest BCUT2D eigenvalue weighted by Gasteiger charge is -2.28. The summed E-state index contributed by atoms with van der Waals surface area (Å²) >= 11 is 0. The highest BCUT2D eigenvalue weighted by atomic mass is 31.2. The number of hydrogen-bond donors (Lipinski definition) is 2. The van der Waals surface area contributed by atoms with Crippen molar-refractivity contribution in [3.8, 4) is 22.3 Å². The van der Waals surface area contributed by atoms with Crippen molar-refractivity contribution in [1.29, 1.82) is 0 Å². The van der Waals surface area contributed by atoms with Crippen molar-refractivity contribution in [3.63, 3.8) is 0 Å². The second kappa shape index (κ2) is 7.81. The Labute approximate surface area is 180 Å². The van der Waals surface area contributed by atoms with E-state index in [1.54, 1.807) is 12.1 Å². The maximum absolute atomic E-state index is 12.4. The molecule has 0 aromatic heterocycles.